The van der Waals surface area contributed by atoms with Gasteiger partial charge in [-0.25, -0.2) is 4.79 Å². The first-order chi connectivity index (χ1) is 9.63. The first kappa shape index (κ1) is 13.9. The molecule has 0 unspecified atom stereocenters. The fourth-order valence-electron chi connectivity index (χ4n) is 1.90. The molecule has 2 aromatic rings. The molecule has 1 heterocycles. The number of aromatic nitrogens is 2. The second-order valence-corrected chi connectivity index (χ2v) is 4.29. The van der Waals surface area contributed by atoms with Crippen LogP contribution in [0.4, 0.5) is 11.4 Å². The van der Waals surface area contributed by atoms with E-state index in [4.69, 9.17) is 10.5 Å². The van der Waals surface area contributed by atoms with Gasteiger partial charge in [0.2, 0.25) is 0 Å². The number of benzene rings is 1. The molecular formula is C14H18N4O2. The number of rotatable bonds is 5. The van der Waals surface area contributed by atoms with Gasteiger partial charge in [-0.1, -0.05) is 6.07 Å². The Balaban J connectivity index is 2.22. The SMILES string of the molecule is CCOC(=O)c1cccc(N)c1NCc1ccnn1C. The fourth-order valence-corrected chi connectivity index (χ4v) is 1.90. The molecule has 6 nitrogen and oxygen atoms in total. The number of carbonyl (C=O) groups is 1. The molecule has 0 bridgehead atoms. The summed E-state index contributed by atoms with van der Waals surface area (Å²) in [7, 11) is 1.86. The molecule has 3 N–H and O–H groups in total. The molecular weight excluding hydrogens is 256 g/mol. The molecule has 0 radical (unpaired) electrons. The maximum absolute atomic E-state index is 11.9. The van der Waals surface area contributed by atoms with Crippen LogP contribution in [0, 0.1) is 0 Å². The summed E-state index contributed by atoms with van der Waals surface area (Å²) in [6.45, 7) is 2.62. The number of nitrogens with one attached hydrogen (secondary N) is 1. The summed E-state index contributed by atoms with van der Waals surface area (Å²) in [4.78, 5) is 11.9. The van der Waals surface area contributed by atoms with Crippen molar-refractivity contribution in [1.29, 1.82) is 0 Å². The summed E-state index contributed by atoms with van der Waals surface area (Å²) in [5.74, 6) is -0.382. The number of nitrogens with two attached hydrogens (primary N) is 1. The number of ether oxygens (including phenoxy) is 1. The van der Waals surface area contributed by atoms with Crippen molar-refractivity contribution in [2.75, 3.05) is 17.7 Å². The largest absolute Gasteiger partial charge is 0.462 e. The lowest BCUT2D eigenvalue weighted by Crippen LogP contribution is -2.13. The lowest BCUT2D eigenvalue weighted by molar-refractivity contribution is 0.0527. The van der Waals surface area contributed by atoms with Crippen LogP contribution in [0.3, 0.4) is 0 Å². The average Bonchev–Trinajstić information content (AvgIpc) is 2.83. The zero-order valence-corrected chi connectivity index (χ0v) is 11.6. The minimum Gasteiger partial charge on any atom is -0.462 e. The topological polar surface area (TPSA) is 82.2 Å². The Morgan fingerprint density at radius 3 is 2.90 bits per heavy atom. The van der Waals surface area contributed by atoms with Crippen molar-refractivity contribution in [3.63, 3.8) is 0 Å². The van der Waals surface area contributed by atoms with E-state index in [1.54, 1.807) is 36.0 Å². The molecule has 0 aliphatic heterocycles. The average molecular weight is 274 g/mol. The number of anilines is 2. The normalized spacial score (nSPS) is 10.3. The van der Waals surface area contributed by atoms with Crippen molar-refractivity contribution >= 4 is 17.3 Å². The number of aryl methyl sites for hydroxylation is 1. The predicted molar refractivity (Wildman–Crippen MR) is 77.3 cm³/mol. The predicted octanol–water partition coefficient (Wildman–Crippen LogP) is 1.79. The van der Waals surface area contributed by atoms with Crippen LogP contribution in [-0.2, 0) is 18.3 Å². The number of nitrogens with zero attached hydrogens (tertiary/aromatic N) is 2. The number of hydrogen-bond donors (Lipinski definition) is 2. The van der Waals surface area contributed by atoms with Gasteiger partial charge in [0.15, 0.2) is 0 Å². The van der Waals surface area contributed by atoms with Gasteiger partial charge in [-0.15, -0.1) is 0 Å². The summed E-state index contributed by atoms with van der Waals surface area (Å²) in [5.41, 5.74) is 8.47. The summed E-state index contributed by atoms with van der Waals surface area (Å²) >= 11 is 0. The van der Waals surface area contributed by atoms with Crippen molar-refractivity contribution < 1.29 is 9.53 Å². The molecule has 0 saturated carbocycles. The summed E-state index contributed by atoms with van der Waals surface area (Å²) < 4.78 is 6.79. The second-order valence-electron chi connectivity index (χ2n) is 4.29. The van der Waals surface area contributed by atoms with Crippen molar-refractivity contribution in [1.82, 2.24) is 9.78 Å². The van der Waals surface area contributed by atoms with E-state index in [9.17, 15) is 4.79 Å². The molecule has 0 spiro atoms. The molecule has 2 rings (SSSR count). The molecule has 6 heteroatoms. The van der Waals surface area contributed by atoms with Gasteiger partial charge in [-0.05, 0) is 25.1 Å². The van der Waals surface area contributed by atoms with E-state index in [0.717, 1.165) is 5.69 Å². The van der Waals surface area contributed by atoms with E-state index < -0.39 is 0 Å². The van der Waals surface area contributed by atoms with E-state index in [2.05, 4.69) is 10.4 Å². The summed E-state index contributed by atoms with van der Waals surface area (Å²) in [5, 5.41) is 7.27. The zero-order chi connectivity index (χ0) is 14.5. The molecule has 0 aliphatic carbocycles. The highest BCUT2D eigenvalue weighted by Crippen LogP contribution is 2.24. The highest BCUT2D eigenvalue weighted by Gasteiger charge is 2.14. The molecule has 0 fully saturated rings. The van der Waals surface area contributed by atoms with E-state index >= 15 is 0 Å². The fraction of sp³-hybridized carbons (Fsp3) is 0.286. The smallest absolute Gasteiger partial charge is 0.340 e. The third-order valence-corrected chi connectivity index (χ3v) is 2.96. The van der Waals surface area contributed by atoms with Crippen molar-refractivity contribution in [3.05, 3.63) is 41.7 Å². The third kappa shape index (κ3) is 2.90. The lowest BCUT2D eigenvalue weighted by Gasteiger charge is -2.13. The van der Waals surface area contributed by atoms with Gasteiger partial charge in [-0.3, -0.25) is 4.68 Å². The van der Waals surface area contributed by atoms with Crippen molar-refractivity contribution in [3.8, 4) is 0 Å². The van der Waals surface area contributed by atoms with Crippen LogP contribution >= 0.6 is 0 Å². The summed E-state index contributed by atoms with van der Waals surface area (Å²) in [6, 6.07) is 7.07. The van der Waals surface area contributed by atoms with Crippen LogP contribution < -0.4 is 11.1 Å². The Hall–Kier alpha value is -2.50. The van der Waals surface area contributed by atoms with E-state index in [1.165, 1.54) is 0 Å². The minimum absolute atomic E-state index is 0.328. The second kappa shape index (κ2) is 6.10. The number of hydrogen-bond acceptors (Lipinski definition) is 5. The first-order valence-corrected chi connectivity index (χ1v) is 6.39. The Kier molecular flexibility index (Phi) is 4.24. The Bertz CT molecular complexity index is 607. The highest BCUT2D eigenvalue weighted by atomic mass is 16.5. The van der Waals surface area contributed by atoms with Crippen molar-refractivity contribution in [2.45, 2.75) is 13.5 Å². The summed E-state index contributed by atoms with van der Waals surface area (Å²) in [6.07, 6.45) is 1.72. The van der Waals surface area contributed by atoms with Gasteiger partial charge in [0.25, 0.3) is 0 Å². The number of para-hydroxylation sites is 1. The van der Waals surface area contributed by atoms with Crippen LogP contribution in [-0.4, -0.2) is 22.4 Å². The van der Waals surface area contributed by atoms with Crippen LogP contribution in [0.15, 0.2) is 30.5 Å². The van der Waals surface area contributed by atoms with E-state index in [-0.39, 0.29) is 5.97 Å². The first-order valence-electron chi connectivity index (χ1n) is 6.39. The van der Waals surface area contributed by atoms with E-state index in [0.29, 0.717) is 30.1 Å². The standard InChI is InChI=1S/C14H18N4O2/c1-3-20-14(19)11-5-4-6-12(15)13(11)16-9-10-7-8-17-18(10)2/h4-8,16H,3,9,15H2,1-2H3. The van der Waals surface area contributed by atoms with Gasteiger partial charge < -0.3 is 15.8 Å². The molecule has 106 valence electrons. The van der Waals surface area contributed by atoms with Crippen LogP contribution in [0.1, 0.15) is 23.0 Å². The molecule has 20 heavy (non-hydrogen) atoms. The van der Waals surface area contributed by atoms with Gasteiger partial charge in [-0.2, -0.15) is 5.10 Å². The Labute approximate surface area is 117 Å². The van der Waals surface area contributed by atoms with Gasteiger partial charge in [0.05, 0.1) is 35.8 Å². The molecule has 0 aliphatic rings. The van der Waals surface area contributed by atoms with Crippen molar-refractivity contribution in [2.24, 2.45) is 7.05 Å². The maximum Gasteiger partial charge on any atom is 0.340 e. The maximum atomic E-state index is 11.9. The van der Waals surface area contributed by atoms with E-state index in [1.807, 2.05) is 13.1 Å². The zero-order valence-electron chi connectivity index (χ0n) is 11.6. The molecule has 0 atom stereocenters. The molecule has 0 amide bonds. The minimum atomic E-state index is -0.382. The number of nitrogen functional groups attached to an aromatic ring is 1. The third-order valence-electron chi connectivity index (χ3n) is 2.96. The molecule has 1 aromatic heterocycles. The highest BCUT2D eigenvalue weighted by molar-refractivity contribution is 5.98. The van der Waals surface area contributed by atoms with Gasteiger partial charge in [0, 0.05) is 13.2 Å². The number of esters is 1. The quantitative estimate of drug-likeness (QED) is 0.641. The Morgan fingerprint density at radius 1 is 1.45 bits per heavy atom. The molecule has 0 saturated heterocycles. The van der Waals surface area contributed by atoms with Crippen LogP contribution in [0.25, 0.3) is 0 Å². The monoisotopic (exact) mass is 274 g/mol. The van der Waals surface area contributed by atoms with Crippen LogP contribution in [0.5, 0.6) is 0 Å². The van der Waals surface area contributed by atoms with Gasteiger partial charge in [0.1, 0.15) is 0 Å². The lowest BCUT2D eigenvalue weighted by atomic mass is 10.1. The van der Waals surface area contributed by atoms with Gasteiger partial charge >= 0.3 is 5.97 Å². The van der Waals surface area contributed by atoms with Crippen LogP contribution in [0.2, 0.25) is 0 Å². The molecule has 1 aromatic carbocycles. The number of carbonyl (C=O) groups excluding carboxylic acids is 1. The Morgan fingerprint density at radius 2 is 2.25 bits per heavy atom.